The van der Waals surface area contributed by atoms with E-state index in [9.17, 15) is 9.18 Å². The third kappa shape index (κ3) is 3.56. The second kappa shape index (κ2) is 6.36. The standard InChI is InChI=1S/C19H25FN2O2/c20-16-3-1-13(2-4-16)12-19(5-7-24-8-6-19)22-18(23)21-17-10-14-9-15(14)11-17/h1-4,14-15,17H,5-12H2,(H2,21,22,23)/t14-,15+,17?. The number of halogens is 1. The largest absolute Gasteiger partial charge is 0.381 e. The molecule has 3 aliphatic rings. The summed E-state index contributed by atoms with van der Waals surface area (Å²) in [6.07, 6.45) is 5.89. The molecule has 2 N–H and O–H groups in total. The number of ether oxygens (including phenoxy) is 1. The summed E-state index contributed by atoms with van der Waals surface area (Å²) < 4.78 is 18.6. The molecule has 0 radical (unpaired) electrons. The Bertz CT molecular complexity index is 588. The van der Waals surface area contributed by atoms with E-state index in [4.69, 9.17) is 4.74 Å². The maximum atomic E-state index is 13.1. The van der Waals surface area contributed by atoms with Gasteiger partial charge in [-0.2, -0.15) is 0 Å². The number of hydrogen-bond acceptors (Lipinski definition) is 2. The van der Waals surface area contributed by atoms with Crippen LogP contribution >= 0.6 is 0 Å². The lowest BCUT2D eigenvalue weighted by Gasteiger charge is -2.38. The fourth-order valence-corrected chi connectivity index (χ4v) is 4.40. The summed E-state index contributed by atoms with van der Waals surface area (Å²) in [5, 5.41) is 6.38. The molecule has 3 fully saturated rings. The van der Waals surface area contributed by atoms with Crippen LogP contribution in [0.25, 0.3) is 0 Å². The van der Waals surface area contributed by atoms with Crippen molar-refractivity contribution >= 4 is 6.03 Å². The van der Waals surface area contributed by atoms with Crippen molar-refractivity contribution in [2.45, 2.75) is 50.1 Å². The summed E-state index contributed by atoms with van der Waals surface area (Å²) in [6, 6.07) is 6.83. The summed E-state index contributed by atoms with van der Waals surface area (Å²) in [5.74, 6) is 1.48. The molecule has 1 saturated heterocycles. The summed E-state index contributed by atoms with van der Waals surface area (Å²) in [7, 11) is 0. The predicted octanol–water partition coefficient (Wildman–Crippen LogP) is 3.02. The molecule has 1 heterocycles. The van der Waals surface area contributed by atoms with E-state index < -0.39 is 0 Å². The second-order valence-electron chi connectivity index (χ2n) is 7.72. The Balaban J connectivity index is 1.40. The van der Waals surface area contributed by atoms with Gasteiger partial charge in [0.1, 0.15) is 5.82 Å². The second-order valence-corrected chi connectivity index (χ2v) is 7.72. The normalized spacial score (nSPS) is 30.5. The van der Waals surface area contributed by atoms with Gasteiger partial charge in [0.2, 0.25) is 0 Å². The predicted molar refractivity (Wildman–Crippen MR) is 89.2 cm³/mol. The number of urea groups is 1. The third-order valence-corrected chi connectivity index (χ3v) is 5.86. The van der Waals surface area contributed by atoms with Crippen molar-refractivity contribution in [2.75, 3.05) is 13.2 Å². The first-order valence-electron chi connectivity index (χ1n) is 9.03. The highest BCUT2D eigenvalue weighted by molar-refractivity contribution is 5.75. The van der Waals surface area contributed by atoms with Crippen LogP contribution in [0.5, 0.6) is 0 Å². The van der Waals surface area contributed by atoms with Gasteiger partial charge >= 0.3 is 6.03 Å². The number of fused-ring (bicyclic) bond motifs is 1. The Kier molecular flexibility index (Phi) is 4.21. The van der Waals surface area contributed by atoms with Gasteiger partial charge in [-0.05, 0) is 68.1 Å². The molecule has 1 unspecified atom stereocenters. The molecule has 0 spiro atoms. The molecule has 130 valence electrons. The fraction of sp³-hybridized carbons (Fsp3) is 0.632. The molecule has 24 heavy (non-hydrogen) atoms. The van der Waals surface area contributed by atoms with E-state index in [2.05, 4.69) is 10.6 Å². The van der Waals surface area contributed by atoms with Crippen LogP contribution in [0.4, 0.5) is 9.18 Å². The number of amides is 2. The molecule has 1 aliphatic heterocycles. The minimum absolute atomic E-state index is 0.0645. The molecule has 0 aromatic heterocycles. The Morgan fingerprint density at radius 2 is 1.79 bits per heavy atom. The minimum atomic E-state index is -0.304. The van der Waals surface area contributed by atoms with Gasteiger partial charge in [-0.25, -0.2) is 9.18 Å². The van der Waals surface area contributed by atoms with E-state index in [1.54, 1.807) is 12.1 Å². The first kappa shape index (κ1) is 15.9. The third-order valence-electron chi connectivity index (χ3n) is 5.86. The maximum Gasteiger partial charge on any atom is 0.315 e. The van der Waals surface area contributed by atoms with Gasteiger partial charge in [0.05, 0.1) is 5.54 Å². The summed E-state index contributed by atoms with van der Waals surface area (Å²) in [4.78, 5) is 12.5. The maximum absolute atomic E-state index is 13.1. The molecular formula is C19H25FN2O2. The van der Waals surface area contributed by atoms with Crippen molar-refractivity contribution in [2.24, 2.45) is 11.8 Å². The smallest absolute Gasteiger partial charge is 0.315 e. The zero-order valence-electron chi connectivity index (χ0n) is 13.9. The van der Waals surface area contributed by atoms with Gasteiger partial charge in [-0.1, -0.05) is 12.1 Å². The Morgan fingerprint density at radius 3 is 2.46 bits per heavy atom. The number of nitrogens with one attached hydrogen (secondary N) is 2. The van der Waals surface area contributed by atoms with Crippen molar-refractivity contribution in [3.05, 3.63) is 35.6 Å². The number of hydrogen-bond donors (Lipinski definition) is 2. The molecule has 0 bridgehead atoms. The zero-order chi connectivity index (χ0) is 16.6. The van der Waals surface area contributed by atoms with E-state index in [1.165, 1.54) is 18.6 Å². The average Bonchev–Trinajstić information content (AvgIpc) is 3.17. The van der Waals surface area contributed by atoms with Crippen molar-refractivity contribution in [1.29, 1.82) is 0 Å². The van der Waals surface area contributed by atoms with Crippen molar-refractivity contribution in [3.63, 3.8) is 0 Å². The molecule has 3 atom stereocenters. The molecule has 1 aromatic rings. The van der Waals surface area contributed by atoms with Crippen LogP contribution in [0.1, 0.15) is 37.7 Å². The quantitative estimate of drug-likeness (QED) is 0.890. The monoisotopic (exact) mass is 332 g/mol. The Labute approximate surface area is 142 Å². The first-order valence-corrected chi connectivity index (χ1v) is 9.03. The molecule has 1 aromatic carbocycles. The lowest BCUT2D eigenvalue weighted by molar-refractivity contribution is 0.0422. The van der Waals surface area contributed by atoms with E-state index >= 15 is 0 Å². The number of carbonyl (C=O) groups is 1. The van der Waals surface area contributed by atoms with Crippen molar-refractivity contribution in [3.8, 4) is 0 Å². The van der Waals surface area contributed by atoms with Crippen LogP contribution in [0.2, 0.25) is 0 Å². The van der Waals surface area contributed by atoms with Gasteiger partial charge in [0.15, 0.2) is 0 Å². The SMILES string of the molecule is O=C(NC1C[C@@H]2C[C@@H]2C1)NC1(Cc2ccc(F)cc2)CCOCC1. The van der Waals surface area contributed by atoms with Gasteiger partial charge in [0.25, 0.3) is 0 Å². The summed E-state index contributed by atoms with van der Waals surface area (Å²) >= 11 is 0. The lowest BCUT2D eigenvalue weighted by atomic mass is 9.83. The molecule has 2 saturated carbocycles. The molecule has 2 aliphatic carbocycles. The fourth-order valence-electron chi connectivity index (χ4n) is 4.40. The van der Waals surface area contributed by atoms with Crippen LogP contribution in [0.15, 0.2) is 24.3 Å². The molecular weight excluding hydrogens is 307 g/mol. The number of benzene rings is 1. The van der Waals surface area contributed by atoms with Gasteiger partial charge in [-0.3, -0.25) is 0 Å². The van der Waals surface area contributed by atoms with Gasteiger partial charge < -0.3 is 15.4 Å². The van der Waals surface area contributed by atoms with Crippen LogP contribution < -0.4 is 10.6 Å². The average molecular weight is 332 g/mol. The molecule has 4 rings (SSSR count). The Hall–Kier alpha value is -1.62. The number of rotatable bonds is 4. The Morgan fingerprint density at radius 1 is 1.12 bits per heavy atom. The van der Waals surface area contributed by atoms with E-state index in [0.717, 1.165) is 43.1 Å². The molecule has 4 nitrogen and oxygen atoms in total. The highest BCUT2D eigenvalue weighted by Crippen LogP contribution is 2.51. The van der Waals surface area contributed by atoms with Crippen LogP contribution in [-0.2, 0) is 11.2 Å². The van der Waals surface area contributed by atoms with Gasteiger partial charge in [0, 0.05) is 19.3 Å². The van der Waals surface area contributed by atoms with Crippen LogP contribution in [-0.4, -0.2) is 30.8 Å². The minimum Gasteiger partial charge on any atom is -0.381 e. The van der Waals surface area contributed by atoms with E-state index in [-0.39, 0.29) is 17.4 Å². The van der Waals surface area contributed by atoms with Crippen molar-refractivity contribution in [1.82, 2.24) is 10.6 Å². The summed E-state index contributed by atoms with van der Waals surface area (Å²) in [6.45, 7) is 1.30. The lowest BCUT2D eigenvalue weighted by Crippen LogP contribution is -2.57. The number of carbonyl (C=O) groups excluding carboxylic acids is 1. The highest BCUT2D eigenvalue weighted by atomic mass is 19.1. The van der Waals surface area contributed by atoms with Crippen LogP contribution in [0, 0.1) is 17.7 Å². The summed E-state index contributed by atoms with van der Waals surface area (Å²) in [5.41, 5.74) is 0.738. The van der Waals surface area contributed by atoms with E-state index in [1.807, 2.05) is 0 Å². The van der Waals surface area contributed by atoms with E-state index in [0.29, 0.717) is 25.7 Å². The van der Waals surface area contributed by atoms with Crippen molar-refractivity contribution < 1.29 is 13.9 Å². The molecule has 5 heteroatoms. The molecule has 2 amide bonds. The van der Waals surface area contributed by atoms with Gasteiger partial charge in [-0.15, -0.1) is 0 Å². The highest BCUT2D eigenvalue weighted by Gasteiger charge is 2.46. The first-order chi connectivity index (χ1) is 11.6. The zero-order valence-corrected chi connectivity index (χ0v) is 13.9. The van der Waals surface area contributed by atoms with Crippen LogP contribution in [0.3, 0.4) is 0 Å². The topological polar surface area (TPSA) is 50.4 Å².